The fraction of sp³-hybridized carbons (Fsp3) is 0.467. The van der Waals surface area contributed by atoms with Gasteiger partial charge in [-0.3, -0.25) is 0 Å². The van der Waals surface area contributed by atoms with Crippen molar-refractivity contribution < 1.29 is 13.5 Å². The molecule has 0 aromatic heterocycles. The van der Waals surface area contributed by atoms with Crippen molar-refractivity contribution in [2.24, 2.45) is 0 Å². The van der Waals surface area contributed by atoms with Crippen LogP contribution in [-0.2, 0) is 10.0 Å². The van der Waals surface area contributed by atoms with E-state index in [0.29, 0.717) is 0 Å². The maximum atomic E-state index is 12.4. The average Bonchev–Trinajstić information content (AvgIpc) is 2.46. The number of thioether (sulfide) groups is 1. The van der Waals surface area contributed by atoms with Gasteiger partial charge in [0.15, 0.2) is 0 Å². The monoisotopic (exact) mass is 325 g/mol. The molecule has 1 aliphatic rings. The molecule has 2 rings (SSSR count). The number of aliphatic hydroxyl groups excluding tert-OH is 1. The van der Waals surface area contributed by atoms with Gasteiger partial charge in [0.05, 0.1) is 4.90 Å². The van der Waals surface area contributed by atoms with Gasteiger partial charge in [-0.25, -0.2) is 13.1 Å². The molecule has 6 heteroatoms. The Hall–Kier alpha value is -1.00. The van der Waals surface area contributed by atoms with E-state index in [1.807, 2.05) is 6.92 Å². The smallest absolute Gasteiger partial charge is 0.240 e. The van der Waals surface area contributed by atoms with Crippen LogP contribution in [0, 0.1) is 18.8 Å². The SMILES string of the molecule is Cc1cc(S(=O)(=O)NC2CCCSC2)ccc1C#CCO. The quantitative estimate of drug-likeness (QED) is 0.827. The first-order valence-corrected chi connectivity index (χ1v) is 9.47. The fourth-order valence-corrected chi connectivity index (χ4v) is 4.73. The van der Waals surface area contributed by atoms with Gasteiger partial charge in [-0.05, 0) is 49.3 Å². The van der Waals surface area contributed by atoms with E-state index in [1.165, 1.54) is 0 Å². The van der Waals surface area contributed by atoms with Gasteiger partial charge in [0.25, 0.3) is 0 Å². The van der Waals surface area contributed by atoms with Crippen molar-refractivity contribution in [1.82, 2.24) is 4.72 Å². The molecule has 1 unspecified atom stereocenters. The predicted molar refractivity (Wildman–Crippen MR) is 85.8 cm³/mol. The van der Waals surface area contributed by atoms with E-state index in [-0.39, 0.29) is 17.5 Å². The summed E-state index contributed by atoms with van der Waals surface area (Å²) in [5.74, 6) is 7.31. The zero-order valence-corrected chi connectivity index (χ0v) is 13.6. The van der Waals surface area contributed by atoms with Gasteiger partial charge in [-0.1, -0.05) is 11.8 Å². The average molecular weight is 325 g/mol. The molecule has 0 spiro atoms. The molecule has 1 atom stereocenters. The van der Waals surface area contributed by atoms with Crippen LogP contribution in [0.25, 0.3) is 0 Å². The molecule has 1 fully saturated rings. The molecule has 0 saturated carbocycles. The van der Waals surface area contributed by atoms with Gasteiger partial charge >= 0.3 is 0 Å². The molecule has 0 radical (unpaired) electrons. The molecular weight excluding hydrogens is 306 g/mol. The van der Waals surface area contributed by atoms with Crippen LogP contribution in [0.3, 0.4) is 0 Å². The second kappa shape index (κ2) is 7.32. The minimum atomic E-state index is -3.48. The highest BCUT2D eigenvalue weighted by molar-refractivity contribution is 7.99. The number of hydrogen-bond donors (Lipinski definition) is 2. The van der Waals surface area contributed by atoms with Crippen LogP contribution in [0.5, 0.6) is 0 Å². The molecule has 0 bridgehead atoms. The van der Waals surface area contributed by atoms with Crippen LogP contribution >= 0.6 is 11.8 Å². The molecule has 1 aliphatic heterocycles. The zero-order valence-electron chi connectivity index (χ0n) is 11.9. The Balaban J connectivity index is 2.18. The van der Waals surface area contributed by atoms with E-state index in [9.17, 15) is 8.42 Å². The summed E-state index contributed by atoms with van der Waals surface area (Å²) in [5.41, 5.74) is 1.52. The van der Waals surface area contributed by atoms with Gasteiger partial charge in [0, 0.05) is 17.4 Å². The lowest BCUT2D eigenvalue weighted by atomic mass is 10.1. The zero-order chi connectivity index (χ0) is 15.3. The molecular formula is C15H19NO3S2. The Morgan fingerprint density at radius 3 is 2.90 bits per heavy atom. The molecule has 1 saturated heterocycles. The van der Waals surface area contributed by atoms with Crippen molar-refractivity contribution in [2.75, 3.05) is 18.1 Å². The molecule has 114 valence electrons. The lowest BCUT2D eigenvalue weighted by molar-refractivity contribution is 0.350. The van der Waals surface area contributed by atoms with Gasteiger partial charge in [-0.15, -0.1) is 0 Å². The number of aryl methyl sites for hydroxylation is 1. The van der Waals surface area contributed by atoms with Crippen molar-refractivity contribution in [3.63, 3.8) is 0 Å². The third kappa shape index (κ3) is 4.48. The van der Waals surface area contributed by atoms with Crippen LogP contribution in [-0.4, -0.2) is 37.7 Å². The topological polar surface area (TPSA) is 66.4 Å². The molecule has 0 amide bonds. The fourth-order valence-electron chi connectivity index (χ4n) is 2.20. The van der Waals surface area contributed by atoms with Crippen LogP contribution < -0.4 is 4.72 Å². The summed E-state index contributed by atoms with van der Waals surface area (Å²) in [4.78, 5) is 0.269. The standard InChI is InChI=1S/C15H19NO3S2/c1-12-10-15(7-6-13(12)4-2-8-17)21(18,19)16-14-5-3-9-20-11-14/h6-7,10,14,16-17H,3,5,8-9,11H2,1H3. The van der Waals surface area contributed by atoms with Crippen molar-refractivity contribution in [1.29, 1.82) is 0 Å². The van der Waals surface area contributed by atoms with Crippen molar-refractivity contribution in [2.45, 2.75) is 30.7 Å². The van der Waals surface area contributed by atoms with Gasteiger partial charge in [0.1, 0.15) is 6.61 Å². The molecule has 0 aliphatic carbocycles. The van der Waals surface area contributed by atoms with Gasteiger partial charge in [0.2, 0.25) is 10.0 Å². The summed E-state index contributed by atoms with van der Waals surface area (Å²) >= 11 is 1.78. The van der Waals surface area contributed by atoms with Crippen molar-refractivity contribution >= 4 is 21.8 Å². The highest BCUT2D eigenvalue weighted by Gasteiger charge is 2.22. The number of hydrogen-bond acceptors (Lipinski definition) is 4. The van der Waals surface area contributed by atoms with E-state index in [2.05, 4.69) is 16.6 Å². The number of aliphatic hydroxyl groups is 1. The Labute approximate surface area is 130 Å². The number of benzene rings is 1. The molecule has 1 heterocycles. The summed E-state index contributed by atoms with van der Waals surface area (Å²) in [6.07, 6.45) is 1.94. The molecule has 4 nitrogen and oxygen atoms in total. The predicted octanol–water partition coefficient (Wildman–Crippen LogP) is 1.51. The minimum absolute atomic E-state index is 0.0166. The third-order valence-corrected chi connectivity index (χ3v) is 6.03. The highest BCUT2D eigenvalue weighted by Crippen LogP contribution is 2.20. The highest BCUT2D eigenvalue weighted by atomic mass is 32.2. The van der Waals surface area contributed by atoms with Crippen LogP contribution in [0.15, 0.2) is 23.1 Å². The molecule has 1 aromatic carbocycles. The van der Waals surface area contributed by atoms with Crippen LogP contribution in [0.1, 0.15) is 24.0 Å². The summed E-state index contributed by atoms with van der Waals surface area (Å²) < 4.78 is 27.5. The lowest BCUT2D eigenvalue weighted by Crippen LogP contribution is -2.38. The summed E-state index contributed by atoms with van der Waals surface area (Å²) in [5, 5.41) is 8.70. The van der Waals surface area contributed by atoms with E-state index < -0.39 is 10.0 Å². The lowest BCUT2D eigenvalue weighted by Gasteiger charge is -2.22. The van der Waals surface area contributed by atoms with Crippen LogP contribution in [0.2, 0.25) is 0 Å². The normalized spacial score (nSPS) is 18.9. The van der Waals surface area contributed by atoms with E-state index in [1.54, 1.807) is 30.0 Å². The number of sulfonamides is 1. The molecule has 1 aromatic rings. The first kappa shape index (κ1) is 16.4. The van der Waals surface area contributed by atoms with E-state index >= 15 is 0 Å². The largest absolute Gasteiger partial charge is 0.384 e. The summed E-state index contributed by atoms with van der Waals surface area (Å²) in [6.45, 7) is 1.61. The second-order valence-corrected chi connectivity index (χ2v) is 7.84. The van der Waals surface area contributed by atoms with Gasteiger partial charge in [-0.2, -0.15) is 11.8 Å². The van der Waals surface area contributed by atoms with Crippen LogP contribution in [0.4, 0.5) is 0 Å². The summed E-state index contributed by atoms with van der Waals surface area (Å²) in [6, 6.07) is 4.89. The number of rotatable bonds is 3. The molecule has 21 heavy (non-hydrogen) atoms. The summed E-state index contributed by atoms with van der Waals surface area (Å²) in [7, 11) is -3.48. The van der Waals surface area contributed by atoms with E-state index in [4.69, 9.17) is 5.11 Å². The Morgan fingerprint density at radius 2 is 2.29 bits per heavy atom. The first-order chi connectivity index (χ1) is 10.0. The third-order valence-electron chi connectivity index (χ3n) is 3.29. The van der Waals surface area contributed by atoms with E-state index in [0.717, 1.165) is 35.5 Å². The first-order valence-electron chi connectivity index (χ1n) is 6.83. The second-order valence-electron chi connectivity index (χ2n) is 4.97. The maximum Gasteiger partial charge on any atom is 0.240 e. The van der Waals surface area contributed by atoms with Crippen molar-refractivity contribution in [3.8, 4) is 11.8 Å². The Kier molecular flexibility index (Phi) is 5.71. The number of nitrogens with one attached hydrogen (secondary N) is 1. The Bertz CT molecular complexity index is 653. The van der Waals surface area contributed by atoms with Crippen molar-refractivity contribution in [3.05, 3.63) is 29.3 Å². The Morgan fingerprint density at radius 1 is 1.48 bits per heavy atom. The molecule has 2 N–H and O–H groups in total. The maximum absolute atomic E-state index is 12.4. The minimum Gasteiger partial charge on any atom is -0.384 e. The van der Waals surface area contributed by atoms with Gasteiger partial charge < -0.3 is 5.11 Å².